The average molecular weight is 567 g/mol. The molecule has 0 unspecified atom stereocenters. The van der Waals surface area contributed by atoms with Gasteiger partial charge in [-0.2, -0.15) is 4.98 Å². The van der Waals surface area contributed by atoms with Crippen molar-refractivity contribution in [3.63, 3.8) is 0 Å². The highest BCUT2D eigenvalue weighted by atomic mass is 79.9. The predicted octanol–water partition coefficient (Wildman–Crippen LogP) is 2.22. The van der Waals surface area contributed by atoms with Crippen molar-refractivity contribution in [2.75, 3.05) is 38.2 Å². The molecule has 0 spiro atoms. The van der Waals surface area contributed by atoms with Gasteiger partial charge in [-0.3, -0.25) is 23.3 Å². The summed E-state index contributed by atoms with van der Waals surface area (Å²) >= 11 is 3.46. The van der Waals surface area contributed by atoms with Crippen LogP contribution in [-0.4, -0.2) is 62.8 Å². The minimum Gasteiger partial charge on any atom is -0.497 e. The molecule has 192 valence electrons. The lowest BCUT2D eigenvalue weighted by Gasteiger charge is -2.35. The Labute approximate surface area is 221 Å². The van der Waals surface area contributed by atoms with Crippen LogP contribution in [0.2, 0.25) is 0 Å². The summed E-state index contributed by atoms with van der Waals surface area (Å²) in [5.74, 6) is 1.27. The number of ether oxygens (including phenoxy) is 1. The number of amides is 1. The number of piperazine rings is 1. The van der Waals surface area contributed by atoms with Crippen LogP contribution in [-0.2, 0) is 20.6 Å². The zero-order valence-corrected chi connectivity index (χ0v) is 22.4. The van der Waals surface area contributed by atoms with Gasteiger partial charge in [-0.15, -0.1) is 0 Å². The number of imidazole rings is 1. The molecule has 1 aliphatic rings. The van der Waals surface area contributed by atoms with Gasteiger partial charge in [-0.25, -0.2) is 4.79 Å². The van der Waals surface area contributed by atoms with E-state index in [1.54, 1.807) is 38.4 Å². The van der Waals surface area contributed by atoms with E-state index >= 15 is 0 Å². The Morgan fingerprint density at radius 1 is 0.946 bits per heavy atom. The molecular weight excluding hydrogens is 540 g/mol. The van der Waals surface area contributed by atoms with E-state index in [4.69, 9.17) is 9.72 Å². The second-order valence-electron chi connectivity index (χ2n) is 9.01. The van der Waals surface area contributed by atoms with Crippen molar-refractivity contribution < 1.29 is 9.53 Å². The molecule has 0 N–H and O–H groups in total. The van der Waals surface area contributed by atoms with Crippen LogP contribution in [0.25, 0.3) is 11.2 Å². The van der Waals surface area contributed by atoms with Crippen LogP contribution in [0.15, 0.2) is 62.6 Å². The van der Waals surface area contributed by atoms with Gasteiger partial charge in [0.25, 0.3) is 11.5 Å². The van der Waals surface area contributed by atoms with E-state index < -0.39 is 5.69 Å². The molecule has 0 radical (unpaired) electrons. The summed E-state index contributed by atoms with van der Waals surface area (Å²) in [6.07, 6.45) is 0. The second kappa shape index (κ2) is 9.89. The summed E-state index contributed by atoms with van der Waals surface area (Å²) in [7, 11) is 4.69. The number of methoxy groups -OCH3 is 1. The minimum absolute atomic E-state index is 0.0399. The smallest absolute Gasteiger partial charge is 0.332 e. The summed E-state index contributed by atoms with van der Waals surface area (Å²) < 4.78 is 10.5. The summed E-state index contributed by atoms with van der Waals surface area (Å²) in [6.45, 7) is 2.50. The van der Waals surface area contributed by atoms with Crippen LogP contribution in [0.3, 0.4) is 0 Å². The highest BCUT2D eigenvalue weighted by Crippen LogP contribution is 2.24. The van der Waals surface area contributed by atoms with Crippen LogP contribution in [0.5, 0.6) is 5.75 Å². The molecule has 3 heterocycles. The van der Waals surface area contributed by atoms with E-state index in [0.717, 1.165) is 14.6 Å². The van der Waals surface area contributed by atoms with E-state index in [-0.39, 0.29) is 11.5 Å². The molecule has 5 rings (SSSR count). The number of carbonyl (C=O) groups excluding carboxylic acids is 1. The first kappa shape index (κ1) is 24.8. The lowest BCUT2D eigenvalue weighted by atomic mass is 10.1. The van der Waals surface area contributed by atoms with Crippen molar-refractivity contribution in [1.29, 1.82) is 0 Å². The fourth-order valence-corrected chi connectivity index (χ4v) is 4.89. The third-order valence-electron chi connectivity index (χ3n) is 6.77. The molecule has 11 heteroatoms. The maximum absolute atomic E-state index is 13.2. The van der Waals surface area contributed by atoms with Crippen molar-refractivity contribution >= 4 is 38.9 Å². The number of anilines is 1. The predicted molar refractivity (Wildman–Crippen MR) is 145 cm³/mol. The number of hydrogen-bond acceptors (Lipinski definition) is 6. The van der Waals surface area contributed by atoms with E-state index in [1.807, 2.05) is 33.7 Å². The zero-order valence-electron chi connectivity index (χ0n) is 20.8. The number of aryl methyl sites for hydroxylation is 1. The number of fused-ring (bicyclic) bond motifs is 1. The van der Waals surface area contributed by atoms with E-state index in [9.17, 15) is 14.4 Å². The van der Waals surface area contributed by atoms with Crippen LogP contribution in [0, 0.1) is 0 Å². The van der Waals surface area contributed by atoms with Crippen molar-refractivity contribution in [2.45, 2.75) is 6.54 Å². The Bertz CT molecular complexity index is 1580. The van der Waals surface area contributed by atoms with Gasteiger partial charge in [0.1, 0.15) is 5.75 Å². The highest BCUT2D eigenvalue weighted by molar-refractivity contribution is 9.10. The molecule has 37 heavy (non-hydrogen) atoms. The number of rotatable bonds is 5. The topological polar surface area (TPSA) is 94.6 Å². The fourth-order valence-electron chi connectivity index (χ4n) is 4.62. The summed E-state index contributed by atoms with van der Waals surface area (Å²) in [5.41, 5.74) is 1.51. The maximum Gasteiger partial charge on any atom is 0.332 e. The molecule has 2 aromatic heterocycles. The van der Waals surface area contributed by atoms with Crippen molar-refractivity contribution in [2.24, 2.45) is 14.1 Å². The molecule has 1 amide bonds. The monoisotopic (exact) mass is 566 g/mol. The molecule has 10 nitrogen and oxygen atoms in total. The number of aromatic nitrogens is 4. The van der Waals surface area contributed by atoms with Crippen LogP contribution < -0.4 is 20.9 Å². The van der Waals surface area contributed by atoms with Crippen LogP contribution in [0.1, 0.15) is 15.9 Å². The zero-order chi connectivity index (χ0) is 26.3. The largest absolute Gasteiger partial charge is 0.497 e. The quantitative estimate of drug-likeness (QED) is 0.367. The van der Waals surface area contributed by atoms with Crippen molar-refractivity contribution in [1.82, 2.24) is 23.6 Å². The van der Waals surface area contributed by atoms with Gasteiger partial charge in [-0.1, -0.05) is 28.1 Å². The highest BCUT2D eigenvalue weighted by Gasteiger charge is 2.27. The van der Waals surface area contributed by atoms with Gasteiger partial charge < -0.3 is 14.5 Å². The third kappa shape index (κ3) is 4.55. The van der Waals surface area contributed by atoms with E-state index in [2.05, 4.69) is 20.8 Å². The molecule has 0 aliphatic carbocycles. The lowest BCUT2D eigenvalue weighted by molar-refractivity contribution is 0.0746. The first-order valence-corrected chi connectivity index (χ1v) is 12.7. The minimum atomic E-state index is -0.424. The van der Waals surface area contributed by atoms with Crippen molar-refractivity contribution in [3.05, 3.63) is 85.0 Å². The van der Waals surface area contributed by atoms with Gasteiger partial charge in [0, 0.05) is 50.3 Å². The standard InChI is InChI=1S/C26H27BrN6O4/c1-29-22-21(24(35)30(2)26(29)36)33(16-17-4-8-19(27)9-5-17)25(28-22)32-14-12-31(13-15-32)23(34)18-6-10-20(37-3)11-7-18/h4-11H,12-16H2,1-3H3. The lowest BCUT2D eigenvalue weighted by Crippen LogP contribution is -2.49. The Morgan fingerprint density at radius 3 is 2.22 bits per heavy atom. The number of carbonyl (C=O) groups is 1. The Hall–Kier alpha value is -3.86. The molecule has 1 aliphatic heterocycles. The summed E-state index contributed by atoms with van der Waals surface area (Å²) in [4.78, 5) is 47.5. The molecular formula is C26H27BrN6O4. The maximum atomic E-state index is 13.2. The average Bonchev–Trinajstić information content (AvgIpc) is 3.31. The van der Waals surface area contributed by atoms with Crippen LogP contribution in [0.4, 0.5) is 5.95 Å². The molecule has 4 aromatic rings. The molecule has 1 saturated heterocycles. The first-order valence-electron chi connectivity index (χ1n) is 11.9. The molecule has 0 saturated carbocycles. The Morgan fingerprint density at radius 2 is 1.59 bits per heavy atom. The second-order valence-corrected chi connectivity index (χ2v) is 9.93. The van der Waals surface area contributed by atoms with Gasteiger partial charge in [0.15, 0.2) is 11.2 Å². The van der Waals surface area contributed by atoms with Gasteiger partial charge in [-0.05, 0) is 42.0 Å². The first-order chi connectivity index (χ1) is 17.8. The van der Waals surface area contributed by atoms with Gasteiger partial charge >= 0.3 is 5.69 Å². The molecule has 0 bridgehead atoms. The molecule has 1 fully saturated rings. The van der Waals surface area contributed by atoms with Crippen LogP contribution >= 0.6 is 15.9 Å². The number of halogens is 1. The Balaban J connectivity index is 1.48. The number of hydrogen-bond donors (Lipinski definition) is 0. The number of benzene rings is 2. The molecule has 2 aromatic carbocycles. The number of nitrogens with zero attached hydrogens (tertiary/aromatic N) is 6. The fraction of sp³-hybridized carbons (Fsp3) is 0.308. The summed E-state index contributed by atoms with van der Waals surface area (Å²) in [6, 6.07) is 15.0. The van der Waals surface area contributed by atoms with Crippen molar-refractivity contribution in [3.8, 4) is 5.75 Å². The summed E-state index contributed by atoms with van der Waals surface area (Å²) in [5, 5.41) is 0. The SMILES string of the molecule is COc1ccc(C(=O)N2CCN(c3nc4c(c(=O)n(C)c(=O)n4C)n3Cc3ccc(Br)cc3)CC2)cc1. The van der Waals surface area contributed by atoms with E-state index in [0.29, 0.717) is 61.1 Å². The van der Waals surface area contributed by atoms with Gasteiger partial charge in [0.2, 0.25) is 5.95 Å². The Kier molecular flexibility index (Phi) is 6.63. The molecule has 0 atom stereocenters. The van der Waals surface area contributed by atoms with Gasteiger partial charge in [0.05, 0.1) is 13.7 Å². The normalized spacial score (nSPS) is 13.8. The third-order valence-corrected chi connectivity index (χ3v) is 7.30. The van der Waals surface area contributed by atoms with E-state index in [1.165, 1.54) is 11.6 Å².